The average molecular weight is 274 g/mol. The molecule has 0 aliphatic rings. The van der Waals surface area contributed by atoms with E-state index in [1.807, 2.05) is 30.3 Å². The van der Waals surface area contributed by atoms with Crippen molar-refractivity contribution in [3.8, 4) is 5.75 Å². The van der Waals surface area contributed by atoms with Gasteiger partial charge in [-0.1, -0.05) is 30.3 Å². The Morgan fingerprint density at radius 2 is 1.75 bits per heavy atom. The van der Waals surface area contributed by atoms with Crippen LogP contribution in [0.3, 0.4) is 0 Å². The first-order chi connectivity index (χ1) is 9.70. The molecule has 0 atom stereocenters. The van der Waals surface area contributed by atoms with Gasteiger partial charge in [-0.2, -0.15) is 0 Å². The van der Waals surface area contributed by atoms with Crippen LogP contribution in [0, 0.1) is 0 Å². The van der Waals surface area contributed by atoms with Gasteiger partial charge >= 0.3 is 0 Å². The van der Waals surface area contributed by atoms with Crippen molar-refractivity contribution in [3.63, 3.8) is 0 Å². The Bertz CT molecular complexity index is 558. The minimum atomic E-state index is -1.12. The molecule has 5 heteroatoms. The molecule has 104 valence electrons. The van der Waals surface area contributed by atoms with E-state index in [0.717, 1.165) is 10.6 Å². The van der Waals surface area contributed by atoms with Gasteiger partial charge in [-0.05, 0) is 29.8 Å². The zero-order valence-electron chi connectivity index (χ0n) is 10.8. The summed E-state index contributed by atoms with van der Waals surface area (Å²) in [5.74, 6) is 5.33. The summed E-state index contributed by atoms with van der Waals surface area (Å²) in [5.41, 5.74) is 1.48. The smallest absolute Gasteiger partial charge is 0.272 e. The highest BCUT2D eigenvalue weighted by Gasteiger charge is 2.10. The van der Waals surface area contributed by atoms with Gasteiger partial charge in [-0.15, -0.1) is 0 Å². The van der Waals surface area contributed by atoms with Crippen molar-refractivity contribution >= 4 is 11.6 Å². The molecule has 0 unspecified atom stereocenters. The van der Waals surface area contributed by atoms with Gasteiger partial charge in [0.2, 0.25) is 0 Å². The predicted octanol–water partition coefficient (Wildman–Crippen LogP) is 2.44. The van der Waals surface area contributed by atoms with E-state index < -0.39 is 12.6 Å². The van der Waals surface area contributed by atoms with Crippen molar-refractivity contribution in [3.05, 3.63) is 60.2 Å². The SMILES string of the molecule is NN(C(=O)CF)c1ccc(OCc2ccccc2)cc1. The van der Waals surface area contributed by atoms with Gasteiger partial charge in [0.15, 0.2) is 6.67 Å². The van der Waals surface area contributed by atoms with E-state index in [9.17, 15) is 9.18 Å². The first-order valence-corrected chi connectivity index (χ1v) is 6.11. The number of carbonyl (C=O) groups excluding carboxylic acids is 1. The highest BCUT2D eigenvalue weighted by molar-refractivity contribution is 5.92. The number of hydrogen-bond acceptors (Lipinski definition) is 3. The molecule has 20 heavy (non-hydrogen) atoms. The molecule has 1 amide bonds. The van der Waals surface area contributed by atoms with Crippen LogP contribution in [-0.4, -0.2) is 12.6 Å². The highest BCUT2D eigenvalue weighted by atomic mass is 19.1. The number of halogens is 1. The van der Waals surface area contributed by atoms with Crippen LogP contribution in [0.5, 0.6) is 5.75 Å². The second-order valence-corrected chi connectivity index (χ2v) is 4.17. The van der Waals surface area contributed by atoms with Crippen LogP contribution < -0.4 is 15.6 Å². The van der Waals surface area contributed by atoms with Gasteiger partial charge in [-0.3, -0.25) is 4.79 Å². The number of benzene rings is 2. The van der Waals surface area contributed by atoms with Crippen molar-refractivity contribution in [2.24, 2.45) is 5.84 Å². The number of hydrazine groups is 1. The van der Waals surface area contributed by atoms with E-state index in [-0.39, 0.29) is 0 Å². The number of hydrogen-bond donors (Lipinski definition) is 1. The van der Waals surface area contributed by atoms with Gasteiger partial charge < -0.3 is 4.74 Å². The van der Waals surface area contributed by atoms with Crippen molar-refractivity contribution in [2.75, 3.05) is 11.7 Å². The molecule has 0 bridgehead atoms. The molecular formula is C15H15FN2O2. The fraction of sp³-hybridized carbons (Fsp3) is 0.133. The molecule has 0 aromatic heterocycles. The number of alkyl halides is 1. The normalized spacial score (nSPS) is 10.1. The third kappa shape index (κ3) is 3.55. The van der Waals surface area contributed by atoms with Gasteiger partial charge in [-0.25, -0.2) is 15.2 Å². The summed E-state index contributed by atoms with van der Waals surface area (Å²) >= 11 is 0. The van der Waals surface area contributed by atoms with E-state index in [1.54, 1.807) is 24.3 Å². The second-order valence-electron chi connectivity index (χ2n) is 4.17. The van der Waals surface area contributed by atoms with Crippen molar-refractivity contribution in [1.82, 2.24) is 0 Å². The van der Waals surface area contributed by atoms with E-state index in [1.165, 1.54) is 0 Å². The van der Waals surface area contributed by atoms with E-state index in [4.69, 9.17) is 10.6 Å². The second kappa shape index (κ2) is 6.68. The number of amides is 1. The van der Waals surface area contributed by atoms with Crippen molar-refractivity contribution in [1.29, 1.82) is 0 Å². The lowest BCUT2D eigenvalue weighted by atomic mass is 10.2. The number of anilines is 1. The quantitative estimate of drug-likeness (QED) is 0.517. The lowest BCUT2D eigenvalue weighted by Gasteiger charge is -2.15. The third-order valence-corrected chi connectivity index (χ3v) is 2.75. The zero-order valence-corrected chi connectivity index (χ0v) is 10.8. The fourth-order valence-electron chi connectivity index (χ4n) is 1.65. The molecule has 0 aliphatic carbocycles. The Morgan fingerprint density at radius 3 is 2.35 bits per heavy atom. The molecule has 2 aromatic rings. The van der Waals surface area contributed by atoms with Gasteiger partial charge in [0.05, 0.1) is 5.69 Å². The molecule has 0 saturated heterocycles. The highest BCUT2D eigenvalue weighted by Crippen LogP contribution is 2.18. The van der Waals surface area contributed by atoms with Gasteiger partial charge in [0.25, 0.3) is 5.91 Å². The summed E-state index contributed by atoms with van der Waals surface area (Å²) < 4.78 is 17.8. The third-order valence-electron chi connectivity index (χ3n) is 2.75. The zero-order chi connectivity index (χ0) is 14.4. The van der Waals surface area contributed by atoms with E-state index in [2.05, 4.69) is 0 Å². The molecule has 0 saturated carbocycles. The van der Waals surface area contributed by atoms with Crippen molar-refractivity contribution in [2.45, 2.75) is 6.61 Å². The van der Waals surface area contributed by atoms with Crippen LogP contribution in [0.4, 0.5) is 10.1 Å². The maximum absolute atomic E-state index is 12.2. The minimum Gasteiger partial charge on any atom is -0.489 e. The summed E-state index contributed by atoms with van der Waals surface area (Å²) in [6.07, 6.45) is 0. The molecule has 2 aromatic carbocycles. The molecule has 2 rings (SSSR count). The largest absolute Gasteiger partial charge is 0.489 e. The number of nitrogens with two attached hydrogens (primary N) is 1. The monoisotopic (exact) mass is 274 g/mol. The topological polar surface area (TPSA) is 55.6 Å². The summed E-state index contributed by atoms with van der Waals surface area (Å²) in [6.45, 7) is -0.668. The maximum atomic E-state index is 12.2. The van der Waals surface area contributed by atoms with Crippen LogP contribution in [0.15, 0.2) is 54.6 Å². The Kier molecular flexibility index (Phi) is 4.68. The minimum absolute atomic E-state index is 0.416. The number of ether oxygens (including phenoxy) is 1. The Balaban J connectivity index is 1.96. The lowest BCUT2D eigenvalue weighted by Crippen LogP contribution is -2.38. The van der Waals surface area contributed by atoms with Crippen molar-refractivity contribution < 1.29 is 13.9 Å². The summed E-state index contributed by atoms with van der Waals surface area (Å²) in [6, 6.07) is 16.3. The van der Waals surface area contributed by atoms with Crippen LogP contribution in [0.25, 0.3) is 0 Å². The van der Waals surface area contributed by atoms with E-state index in [0.29, 0.717) is 18.0 Å². The number of carbonyl (C=O) groups is 1. The molecule has 2 N–H and O–H groups in total. The Labute approximate surface area is 116 Å². The molecule has 0 fully saturated rings. The summed E-state index contributed by atoms with van der Waals surface area (Å²) in [4.78, 5) is 11.1. The summed E-state index contributed by atoms with van der Waals surface area (Å²) in [7, 11) is 0. The Morgan fingerprint density at radius 1 is 1.10 bits per heavy atom. The standard InChI is InChI=1S/C15H15FN2O2/c16-10-15(19)18(17)13-6-8-14(9-7-13)20-11-12-4-2-1-3-5-12/h1-9H,10-11,17H2. The molecule has 0 aliphatic heterocycles. The molecule has 4 nitrogen and oxygen atoms in total. The fourth-order valence-corrected chi connectivity index (χ4v) is 1.65. The number of nitrogens with zero attached hydrogens (tertiary/aromatic N) is 1. The van der Waals surface area contributed by atoms with Gasteiger partial charge in [0, 0.05) is 0 Å². The first kappa shape index (κ1) is 14.0. The first-order valence-electron chi connectivity index (χ1n) is 6.11. The van der Waals surface area contributed by atoms with E-state index >= 15 is 0 Å². The molecule has 0 spiro atoms. The predicted molar refractivity (Wildman–Crippen MR) is 74.9 cm³/mol. The van der Waals surface area contributed by atoms with Crippen LogP contribution in [-0.2, 0) is 11.4 Å². The summed E-state index contributed by atoms with van der Waals surface area (Å²) in [5, 5.41) is 0.779. The molecule has 0 heterocycles. The van der Waals surface area contributed by atoms with Crippen LogP contribution in [0.1, 0.15) is 5.56 Å². The Hall–Kier alpha value is -2.40. The van der Waals surface area contributed by atoms with Crippen LogP contribution in [0.2, 0.25) is 0 Å². The molecule has 0 radical (unpaired) electrons. The average Bonchev–Trinajstić information content (AvgIpc) is 2.53. The molecular weight excluding hydrogens is 259 g/mol. The lowest BCUT2D eigenvalue weighted by molar-refractivity contribution is -0.119. The van der Waals surface area contributed by atoms with Crippen LogP contribution >= 0.6 is 0 Å². The number of rotatable bonds is 5. The maximum Gasteiger partial charge on any atom is 0.272 e. The van der Waals surface area contributed by atoms with Gasteiger partial charge in [0.1, 0.15) is 12.4 Å².